The molecule has 2 rings (SSSR count). The first-order valence-electron chi connectivity index (χ1n) is 7.48. The van der Waals surface area contributed by atoms with Gasteiger partial charge in [-0.25, -0.2) is 4.98 Å². The number of hydrogen-bond acceptors (Lipinski definition) is 3. The van der Waals surface area contributed by atoms with Crippen molar-refractivity contribution in [2.75, 3.05) is 6.54 Å². The Kier molecular flexibility index (Phi) is 5.28. The van der Waals surface area contributed by atoms with Crippen molar-refractivity contribution in [3.63, 3.8) is 0 Å². The SMILES string of the molecule is CCc1ccc(-c2nc(CNCC(C)C)cc(=O)[nH]2)cc1. The van der Waals surface area contributed by atoms with Crippen molar-refractivity contribution in [2.24, 2.45) is 5.92 Å². The molecule has 0 unspecified atom stereocenters. The largest absolute Gasteiger partial charge is 0.311 e. The van der Waals surface area contributed by atoms with Crippen molar-refractivity contribution >= 4 is 0 Å². The van der Waals surface area contributed by atoms with E-state index in [1.54, 1.807) is 6.07 Å². The summed E-state index contributed by atoms with van der Waals surface area (Å²) < 4.78 is 0. The number of rotatable bonds is 6. The number of aryl methyl sites for hydroxylation is 1. The first kappa shape index (κ1) is 15.4. The van der Waals surface area contributed by atoms with Crippen LogP contribution in [-0.4, -0.2) is 16.5 Å². The van der Waals surface area contributed by atoms with Gasteiger partial charge in [-0.2, -0.15) is 0 Å². The number of H-pyrrole nitrogens is 1. The van der Waals surface area contributed by atoms with E-state index in [1.807, 2.05) is 12.1 Å². The van der Waals surface area contributed by atoms with Crippen LogP contribution >= 0.6 is 0 Å². The zero-order valence-corrected chi connectivity index (χ0v) is 12.9. The fourth-order valence-corrected chi connectivity index (χ4v) is 2.12. The van der Waals surface area contributed by atoms with Crippen molar-refractivity contribution in [1.29, 1.82) is 0 Å². The lowest BCUT2D eigenvalue weighted by Crippen LogP contribution is -2.21. The van der Waals surface area contributed by atoms with E-state index in [0.717, 1.165) is 24.2 Å². The lowest BCUT2D eigenvalue weighted by Gasteiger charge is -2.08. The summed E-state index contributed by atoms with van der Waals surface area (Å²) >= 11 is 0. The van der Waals surface area contributed by atoms with Crippen LogP contribution in [-0.2, 0) is 13.0 Å². The molecular formula is C17H23N3O. The van der Waals surface area contributed by atoms with Crippen molar-refractivity contribution in [2.45, 2.75) is 33.7 Å². The summed E-state index contributed by atoms with van der Waals surface area (Å²) in [6, 6.07) is 9.69. The maximum atomic E-state index is 11.8. The Hall–Kier alpha value is -1.94. The fourth-order valence-electron chi connectivity index (χ4n) is 2.12. The van der Waals surface area contributed by atoms with E-state index in [-0.39, 0.29) is 5.56 Å². The number of aromatic nitrogens is 2. The lowest BCUT2D eigenvalue weighted by molar-refractivity contribution is 0.548. The molecule has 0 aliphatic rings. The molecule has 4 nitrogen and oxygen atoms in total. The molecule has 0 aliphatic heterocycles. The minimum absolute atomic E-state index is 0.110. The molecule has 0 saturated carbocycles. The van der Waals surface area contributed by atoms with E-state index >= 15 is 0 Å². The van der Waals surface area contributed by atoms with E-state index < -0.39 is 0 Å². The Morgan fingerprint density at radius 2 is 1.95 bits per heavy atom. The Balaban J connectivity index is 2.19. The van der Waals surface area contributed by atoms with Crippen LogP contribution in [0.5, 0.6) is 0 Å². The molecular weight excluding hydrogens is 262 g/mol. The van der Waals surface area contributed by atoms with Gasteiger partial charge < -0.3 is 10.3 Å². The van der Waals surface area contributed by atoms with Gasteiger partial charge in [0.1, 0.15) is 5.82 Å². The smallest absolute Gasteiger partial charge is 0.251 e. The van der Waals surface area contributed by atoms with Crippen LogP contribution in [0.4, 0.5) is 0 Å². The molecule has 0 aliphatic carbocycles. The highest BCUT2D eigenvalue weighted by molar-refractivity contribution is 5.55. The van der Waals surface area contributed by atoms with Crippen molar-refractivity contribution in [1.82, 2.24) is 15.3 Å². The second-order valence-electron chi connectivity index (χ2n) is 5.66. The minimum atomic E-state index is -0.110. The van der Waals surface area contributed by atoms with Crippen molar-refractivity contribution in [3.05, 3.63) is 51.9 Å². The molecule has 0 amide bonds. The third-order valence-electron chi connectivity index (χ3n) is 3.29. The molecule has 1 aromatic heterocycles. The molecule has 0 fully saturated rings. The lowest BCUT2D eigenvalue weighted by atomic mass is 10.1. The van der Waals surface area contributed by atoms with Crippen molar-refractivity contribution < 1.29 is 0 Å². The molecule has 0 bridgehead atoms. The van der Waals surface area contributed by atoms with E-state index in [0.29, 0.717) is 18.3 Å². The van der Waals surface area contributed by atoms with Crippen LogP contribution in [0.3, 0.4) is 0 Å². The molecule has 1 aromatic carbocycles. The third kappa shape index (κ3) is 4.53. The van der Waals surface area contributed by atoms with Crippen molar-refractivity contribution in [3.8, 4) is 11.4 Å². The summed E-state index contributed by atoms with van der Waals surface area (Å²) in [4.78, 5) is 19.1. The summed E-state index contributed by atoms with van der Waals surface area (Å²) in [6.07, 6.45) is 1.00. The highest BCUT2D eigenvalue weighted by atomic mass is 16.1. The van der Waals surface area contributed by atoms with Crippen LogP contribution in [0, 0.1) is 5.92 Å². The molecule has 0 spiro atoms. The summed E-state index contributed by atoms with van der Waals surface area (Å²) in [5, 5.41) is 3.31. The summed E-state index contributed by atoms with van der Waals surface area (Å²) in [5.41, 5.74) is 2.88. The zero-order chi connectivity index (χ0) is 15.2. The number of nitrogens with one attached hydrogen (secondary N) is 2. The van der Waals surface area contributed by atoms with Gasteiger partial charge in [-0.05, 0) is 24.4 Å². The normalized spacial score (nSPS) is 11.0. The third-order valence-corrected chi connectivity index (χ3v) is 3.29. The van der Waals surface area contributed by atoms with Crippen LogP contribution in [0.1, 0.15) is 32.0 Å². The first-order chi connectivity index (χ1) is 10.1. The molecule has 2 N–H and O–H groups in total. The summed E-state index contributed by atoms with van der Waals surface area (Å²) in [5.74, 6) is 1.21. The fraction of sp³-hybridized carbons (Fsp3) is 0.412. The van der Waals surface area contributed by atoms with Gasteiger partial charge in [0, 0.05) is 18.2 Å². The van der Waals surface area contributed by atoms with Gasteiger partial charge in [-0.3, -0.25) is 4.79 Å². The molecule has 21 heavy (non-hydrogen) atoms. The van der Waals surface area contributed by atoms with Crippen LogP contribution in [0.2, 0.25) is 0 Å². The van der Waals surface area contributed by atoms with Gasteiger partial charge in [0.15, 0.2) is 0 Å². The van der Waals surface area contributed by atoms with E-state index in [4.69, 9.17) is 0 Å². The highest BCUT2D eigenvalue weighted by Gasteiger charge is 2.04. The molecule has 112 valence electrons. The first-order valence-corrected chi connectivity index (χ1v) is 7.48. The highest BCUT2D eigenvalue weighted by Crippen LogP contribution is 2.15. The molecule has 0 radical (unpaired) electrons. The molecule has 0 atom stereocenters. The van der Waals surface area contributed by atoms with E-state index in [2.05, 4.69) is 48.2 Å². The number of benzene rings is 1. The topological polar surface area (TPSA) is 57.8 Å². The molecule has 4 heteroatoms. The van der Waals surface area contributed by atoms with Crippen LogP contribution < -0.4 is 10.9 Å². The number of nitrogens with zero attached hydrogens (tertiary/aromatic N) is 1. The number of hydrogen-bond donors (Lipinski definition) is 2. The quantitative estimate of drug-likeness (QED) is 0.858. The summed E-state index contributed by atoms with van der Waals surface area (Å²) in [6.45, 7) is 7.95. The predicted molar refractivity (Wildman–Crippen MR) is 86.2 cm³/mol. The maximum Gasteiger partial charge on any atom is 0.251 e. The maximum absolute atomic E-state index is 11.8. The standard InChI is InChI=1S/C17H23N3O/c1-4-13-5-7-14(8-6-13)17-19-15(9-16(21)20-17)11-18-10-12(2)3/h5-9,12,18H,4,10-11H2,1-3H3,(H,19,20,21). The molecule has 2 aromatic rings. The van der Waals surface area contributed by atoms with Crippen LogP contribution in [0.25, 0.3) is 11.4 Å². The van der Waals surface area contributed by atoms with E-state index in [1.165, 1.54) is 5.56 Å². The Morgan fingerprint density at radius 3 is 2.57 bits per heavy atom. The van der Waals surface area contributed by atoms with Gasteiger partial charge in [-0.15, -0.1) is 0 Å². The Labute approximate surface area is 125 Å². The van der Waals surface area contributed by atoms with Gasteiger partial charge in [0.25, 0.3) is 5.56 Å². The molecule has 0 saturated heterocycles. The minimum Gasteiger partial charge on any atom is -0.311 e. The van der Waals surface area contributed by atoms with Gasteiger partial charge >= 0.3 is 0 Å². The molecule has 1 heterocycles. The van der Waals surface area contributed by atoms with Gasteiger partial charge in [0.05, 0.1) is 5.69 Å². The Bertz CT molecular complexity index is 629. The average Bonchev–Trinajstić information content (AvgIpc) is 2.46. The monoisotopic (exact) mass is 285 g/mol. The van der Waals surface area contributed by atoms with Gasteiger partial charge in [0.2, 0.25) is 0 Å². The Morgan fingerprint density at radius 1 is 1.24 bits per heavy atom. The van der Waals surface area contributed by atoms with E-state index in [9.17, 15) is 4.79 Å². The van der Waals surface area contributed by atoms with Gasteiger partial charge in [-0.1, -0.05) is 45.0 Å². The summed E-state index contributed by atoms with van der Waals surface area (Å²) in [7, 11) is 0. The van der Waals surface area contributed by atoms with Crippen LogP contribution in [0.15, 0.2) is 35.1 Å². The second kappa shape index (κ2) is 7.18. The predicted octanol–water partition coefficient (Wildman–Crippen LogP) is 2.74. The second-order valence-corrected chi connectivity index (χ2v) is 5.66. The zero-order valence-electron chi connectivity index (χ0n) is 12.9. The number of aromatic amines is 1. The average molecular weight is 285 g/mol.